The van der Waals surface area contributed by atoms with Crippen molar-refractivity contribution in [3.8, 4) is 0 Å². The summed E-state index contributed by atoms with van der Waals surface area (Å²) in [6.07, 6.45) is 1.04. The van der Waals surface area contributed by atoms with Gasteiger partial charge in [0.05, 0.1) is 11.0 Å². The number of fused-ring (bicyclic) bond motifs is 2. The second kappa shape index (κ2) is 4.78. The standard InChI is InChI=1S/C15H14INS/c1-3-11-7-5-9-13-15(11)17-14-10(2)6-4-8-12(14)18(13)16/h4-9H,3H2,1-2H3. The van der Waals surface area contributed by atoms with Gasteiger partial charge in [-0.3, -0.25) is 0 Å². The van der Waals surface area contributed by atoms with E-state index in [1.807, 2.05) is 0 Å². The van der Waals surface area contributed by atoms with Gasteiger partial charge in [-0.2, -0.15) is 0 Å². The highest BCUT2D eigenvalue weighted by Crippen LogP contribution is 2.45. The fraction of sp³-hybridized carbons (Fsp3) is 0.200. The molecule has 0 aromatic heterocycles. The number of nitrogens with zero attached hydrogens (tertiary/aromatic N) is 1. The Labute approximate surface area is 121 Å². The molecule has 2 aromatic carbocycles. The zero-order chi connectivity index (χ0) is 12.7. The molecule has 0 amide bonds. The van der Waals surface area contributed by atoms with E-state index in [9.17, 15) is 0 Å². The number of rotatable bonds is 1. The molecule has 1 unspecified atom stereocenters. The van der Waals surface area contributed by atoms with Crippen LogP contribution in [0.15, 0.2) is 46.3 Å². The van der Waals surface area contributed by atoms with Crippen LogP contribution in [0.5, 0.6) is 0 Å². The third kappa shape index (κ3) is 1.84. The molecule has 18 heavy (non-hydrogen) atoms. The van der Waals surface area contributed by atoms with E-state index in [-0.39, 0.29) is 7.66 Å². The Balaban J connectivity index is 2.48. The molecule has 0 bridgehead atoms. The van der Waals surface area contributed by atoms with Crippen molar-refractivity contribution in [1.82, 2.24) is 0 Å². The van der Waals surface area contributed by atoms with E-state index in [2.05, 4.69) is 71.5 Å². The zero-order valence-corrected chi connectivity index (χ0v) is 13.4. The van der Waals surface area contributed by atoms with Crippen LogP contribution in [0, 0.1) is 11.4 Å². The molecule has 0 aliphatic carbocycles. The first-order chi connectivity index (χ1) is 8.72. The lowest BCUT2D eigenvalue weighted by Crippen LogP contribution is -2.12. The second-order valence-electron chi connectivity index (χ2n) is 4.41. The van der Waals surface area contributed by atoms with Crippen LogP contribution in [0.1, 0.15) is 18.1 Å². The van der Waals surface area contributed by atoms with Crippen molar-refractivity contribution in [2.45, 2.75) is 25.2 Å². The molecule has 3 rings (SSSR count). The number of para-hydroxylation sites is 2. The lowest BCUT2D eigenvalue weighted by molar-refractivity contribution is 1.07. The van der Waals surface area contributed by atoms with Crippen LogP contribution in [0.4, 0.5) is 5.69 Å². The van der Waals surface area contributed by atoms with Crippen LogP contribution in [0.3, 0.4) is 0 Å². The van der Waals surface area contributed by atoms with Gasteiger partial charge in [-0.05, 0) is 57.8 Å². The molecular weight excluding hydrogens is 353 g/mol. The summed E-state index contributed by atoms with van der Waals surface area (Å²) in [4.78, 5) is 6.30. The topological polar surface area (TPSA) is 12.4 Å². The van der Waals surface area contributed by atoms with Gasteiger partial charge in [-0.25, -0.2) is 4.99 Å². The quantitative estimate of drug-likeness (QED) is 0.510. The maximum absolute atomic E-state index is 4.93. The van der Waals surface area contributed by atoms with E-state index in [1.165, 1.54) is 31.6 Å². The summed E-state index contributed by atoms with van der Waals surface area (Å²) < 4.78 is 1.38. The number of halogens is 1. The number of aryl methyl sites for hydroxylation is 2. The highest BCUT2D eigenvalue weighted by atomic mass is 127. The molecule has 3 heteroatoms. The molecule has 1 atom stereocenters. The third-order valence-corrected chi connectivity index (χ3v) is 7.55. The molecule has 0 radical (unpaired) electrons. The van der Waals surface area contributed by atoms with Crippen LogP contribution in [-0.2, 0) is 6.42 Å². The SMILES string of the molecule is CCc1cccc2c1=Nc1c(C)cccc1S=2I. The first-order valence-electron chi connectivity index (χ1n) is 6.06. The van der Waals surface area contributed by atoms with Crippen LogP contribution >= 0.6 is 28.9 Å². The fourth-order valence-electron chi connectivity index (χ4n) is 2.27. The number of hydrogen-bond acceptors (Lipinski definition) is 1. The van der Waals surface area contributed by atoms with Crippen LogP contribution in [0.2, 0.25) is 0 Å². The maximum atomic E-state index is 4.93. The van der Waals surface area contributed by atoms with Crippen LogP contribution < -0.4 is 5.36 Å². The second-order valence-corrected chi connectivity index (χ2v) is 8.44. The van der Waals surface area contributed by atoms with Crippen molar-refractivity contribution in [3.05, 3.63) is 57.4 Å². The molecule has 0 N–H and O–H groups in total. The summed E-state index contributed by atoms with van der Waals surface area (Å²) in [5.74, 6) is 0. The van der Waals surface area contributed by atoms with Crippen molar-refractivity contribution in [3.63, 3.8) is 0 Å². The molecule has 1 nitrogen and oxygen atoms in total. The minimum atomic E-state index is 0.114. The first kappa shape index (κ1) is 12.4. The fourth-order valence-corrected chi connectivity index (χ4v) is 5.76. The van der Waals surface area contributed by atoms with E-state index in [0.29, 0.717) is 0 Å². The van der Waals surface area contributed by atoms with Gasteiger partial charge in [0.2, 0.25) is 0 Å². The molecule has 0 saturated carbocycles. The molecule has 0 saturated heterocycles. The monoisotopic (exact) mass is 367 g/mol. The largest absolute Gasteiger partial charge is 0.246 e. The highest BCUT2D eigenvalue weighted by molar-refractivity contribution is 14.2. The molecule has 1 aliphatic rings. The van der Waals surface area contributed by atoms with Gasteiger partial charge in [0.15, 0.2) is 0 Å². The summed E-state index contributed by atoms with van der Waals surface area (Å²) in [5.41, 5.74) is 3.82. The molecule has 92 valence electrons. The van der Waals surface area contributed by atoms with Gasteiger partial charge < -0.3 is 0 Å². The van der Waals surface area contributed by atoms with Crippen molar-refractivity contribution < 1.29 is 0 Å². The third-order valence-electron chi connectivity index (χ3n) is 3.27. The lowest BCUT2D eigenvalue weighted by atomic mass is 10.1. The maximum Gasteiger partial charge on any atom is 0.0808 e. The number of benzene rings is 2. The van der Waals surface area contributed by atoms with Gasteiger partial charge in [0.1, 0.15) is 0 Å². The van der Waals surface area contributed by atoms with Crippen molar-refractivity contribution in [2.75, 3.05) is 0 Å². The normalized spacial score (nSPS) is 16.7. The minimum absolute atomic E-state index is 0.114. The van der Waals surface area contributed by atoms with Gasteiger partial charge >= 0.3 is 0 Å². The highest BCUT2D eigenvalue weighted by Gasteiger charge is 2.13. The first-order valence-corrected chi connectivity index (χ1v) is 9.83. The average Bonchev–Trinajstić information content (AvgIpc) is 2.40. The summed E-state index contributed by atoms with van der Waals surface area (Å²) in [7, 11) is 0.114. The molecule has 1 aliphatic heterocycles. The summed E-state index contributed by atoms with van der Waals surface area (Å²) in [6, 6.07) is 13.1. The smallest absolute Gasteiger partial charge is 0.0808 e. The molecule has 2 aromatic rings. The molecule has 0 spiro atoms. The minimum Gasteiger partial charge on any atom is -0.246 e. The molecular formula is C15H14INS. The average molecular weight is 367 g/mol. The van der Waals surface area contributed by atoms with Crippen molar-refractivity contribution >= 4 is 34.5 Å². The van der Waals surface area contributed by atoms with E-state index >= 15 is 0 Å². The van der Waals surface area contributed by atoms with E-state index in [4.69, 9.17) is 4.99 Å². The Morgan fingerprint density at radius 2 is 1.94 bits per heavy atom. The van der Waals surface area contributed by atoms with Gasteiger partial charge in [0.25, 0.3) is 0 Å². The van der Waals surface area contributed by atoms with Crippen molar-refractivity contribution in [1.29, 1.82) is 0 Å². The summed E-state index contributed by atoms with van der Waals surface area (Å²) in [6.45, 7) is 4.35. The summed E-state index contributed by atoms with van der Waals surface area (Å²) in [5, 5.41) is 1.21. The van der Waals surface area contributed by atoms with Gasteiger partial charge in [-0.15, -0.1) is 0 Å². The predicted molar refractivity (Wildman–Crippen MR) is 86.5 cm³/mol. The van der Waals surface area contributed by atoms with E-state index in [1.54, 1.807) is 0 Å². The predicted octanol–water partition coefficient (Wildman–Crippen LogP) is 4.75. The van der Waals surface area contributed by atoms with Crippen LogP contribution in [-0.4, -0.2) is 0 Å². The zero-order valence-electron chi connectivity index (χ0n) is 10.4. The van der Waals surface area contributed by atoms with Crippen LogP contribution in [0.25, 0.3) is 0 Å². The lowest BCUT2D eigenvalue weighted by Gasteiger charge is -2.14. The van der Waals surface area contributed by atoms with Gasteiger partial charge in [0, 0.05) is 9.41 Å². The number of hydrogen-bond donors (Lipinski definition) is 0. The van der Waals surface area contributed by atoms with E-state index < -0.39 is 0 Å². The Kier molecular flexibility index (Phi) is 3.28. The Morgan fingerprint density at radius 3 is 2.72 bits per heavy atom. The Morgan fingerprint density at radius 1 is 1.17 bits per heavy atom. The van der Waals surface area contributed by atoms with Crippen molar-refractivity contribution in [2.24, 2.45) is 4.99 Å². The van der Waals surface area contributed by atoms with Gasteiger partial charge in [-0.1, -0.05) is 38.8 Å². The summed E-state index contributed by atoms with van der Waals surface area (Å²) >= 11 is 2.56. The van der Waals surface area contributed by atoms with E-state index in [0.717, 1.165) is 6.42 Å². The molecule has 1 heterocycles. The molecule has 0 fully saturated rings. The Bertz CT molecular complexity index is 750. The Hall–Kier alpha value is -0.680.